The van der Waals surface area contributed by atoms with E-state index in [1.54, 1.807) is 14.2 Å². The maximum Gasteiger partial charge on any atom is 0.191 e. The summed E-state index contributed by atoms with van der Waals surface area (Å²) >= 11 is 0. The van der Waals surface area contributed by atoms with E-state index in [9.17, 15) is 0 Å². The summed E-state index contributed by atoms with van der Waals surface area (Å²) in [7, 11) is 5.27. The number of nitrogens with zero attached hydrogens (tertiary/aromatic N) is 2. The van der Waals surface area contributed by atoms with Crippen molar-refractivity contribution in [3.63, 3.8) is 0 Å². The zero-order chi connectivity index (χ0) is 22.5. The number of methoxy groups -OCH3 is 2. The van der Waals surface area contributed by atoms with Gasteiger partial charge in [0.1, 0.15) is 6.61 Å². The fourth-order valence-corrected chi connectivity index (χ4v) is 3.95. The highest BCUT2D eigenvalue weighted by atomic mass is 127. The molecule has 1 aliphatic rings. The maximum absolute atomic E-state index is 5.96. The Morgan fingerprint density at radius 3 is 2.41 bits per heavy atom. The first-order chi connectivity index (χ1) is 15.1. The summed E-state index contributed by atoms with van der Waals surface area (Å²) in [6.45, 7) is 10.4. The van der Waals surface area contributed by atoms with Crippen molar-refractivity contribution in [1.82, 2.24) is 15.5 Å². The van der Waals surface area contributed by atoms with E-state index in [2.05, 4.69) is 40.4 Å². The first-order valence-corrected chi connectivity index (χ1v) is 11.5. The highest BCUT2D eigenvalue weighted by molar-refractivity contribution is 14.0. The van der Waals surface area contributed by atoms with E-state index in [-0.39, 0.29) is 24.0 Å². The molecule has 7 nitrogen and oxygen atoms in total. The second kappa shape index (κ2) is 15.6. The number of halogens is 1. The molecule has 0 heterocycles. The van der Waals surface area contributed by atoms with Gasteiger partial charge in [0.05, 0.1) is 7.11 Å². The quantitative estimate of drug-likeness (QED) is 0.204. The molecule has 1 aromatic rings. The molecule has 1 fully saturated rings. The minimum Gasteiger partial charge on any atom is -0.493 e. The molecule has 32 heavy (non-hydrogen) atoms. The van der Waals surface area contributed by atoms with Crippen molar-refractivity contribution in [3.8, 4) is 11.5 Å². The third kappa shape index (κ3) is 8.94. The van der Waals surface area contributed by atoms with Crippen LogP contribution in [0.4, 0.5) is 0 Å². The molecule has 0 amide bonds. The Morgan fingerprint density at radius 1 is 1.09 bits per heavy atom. The van der Waals surface area contributed by atoms with Gasteiger partial charge >= 0.3 is 0 Å². The molecule has 1 saturated carbocycles. The van der Waals surface area contributed by atoms with Crippen LogP contribution >= 0.6 is 24.0 Å². The molecule has 0 unspecified atom stereocenters. The Bertz CT molecular complexity index is 679. The highest BCUT2D eigenvalue weighted by Gasteiger charge is 2.36. The third-order valence-corrected chi connectivity index (χ3v) is 6.35. The van der Waals surface area contributed by atoms with Gasteiger partial charge in [-0.05, 0) is 55.5 Å². The Hall–Kier alpha value is -1.26. The third-order valence-electron chi connectivity index (χ3n) is 6.35. The molecule has 1 aromatic carbocycles. The van der Waals surface area contributed by atoms with Crippen LogP contribution in [0, 0.1) is 5.41 Å². The van der Waals surface area contributed by atoms with Crippen molar-refractivity contribution >= 4 is 29.9 Å². The molecular weight excluding hydrogens is 519 g/mol. The van der Waals surface area contributed by atoms with E-state index in [0.29, 0.717) is 18.6 Å². The number of guanidine groups is 1. The van der Waals surface area contributed by atoms with Crippen molar-refractivity contribution in [3.05, 3.63) is 23.8 Å². The van der Waals surface area contributed by atoms with Gasteiger partial charge in [-0.3, -0.25) is 4.99 Å². The van der Waals surface area contributed by atoms with Gasteiger partial charge in [0.2, 0.25) is 0 Å². The van der Waals surface area contributed by atoms with Crippen LogP contribution in [-0.2, 0) is 11.3 Å². The number of benzene rings is 1. The SMILES string of the molecule is CCN(CC)CCOc1ccc(CNC(=NC)NCC2(CCOC)CCC2)cc1OC.I. The lowest BCUT2D eigenvalue weighted by molar-refractivity contribution is 0.0732. The largest absolute Gasteiger partial charge is 0.493 e. The molecule has 0 radical (unpaired) electrons. The van der Waals surface area contributed by atoms with Crippen molar-refractivity contribution < 1.29 is 14.2 Å². The zero-order valence-corrected chi connectivity index (χ0v) is 22.9. The number of hydrogen-bond donors (Lipinski definition) is 2. The van der Waals surface area contributed by atoms with E-state index in [4.69, 9.17) is 14.2 Å². The molecule has 0 aliphatic heterocycles. The van der Waals surface area contributed by atoms with E-state index >= 15 is 0 Å². The molecule has 0 atom stereocenters. The number of aliphatic imine (C=N–C) groups is 1. The van der Waals surface area contributed by atoms with E-state index in [0.717, 1.165) is 62.2 Å². The van der Waals surface area contributed by atoms with Crippen LogP contribution in [0.3, 0.4) is 0 Å². The van der Waals surface area contributed by atoms with Crippen LogP contribution in [0.2, 0.25) is 0 Å². The summed E-state index contributed by atoms with van der Waals surface area (Å²) in [4.78, 5) is 6.72. The molecule has 2 rings (SSSR count). The van der Waals surface area contributed by atoms with Gasteiger partial charge in [-0.2, -0.15) is 0 Å². The lowest BCUT2D eigenvalue weighted by Gasteiger charge is -2.42. The van der Waals surface area contributed by atoms with Crippen molar-refractivity contribution in [1.29, 1.82) is 0 Å². The van der Waals surface area contributed by atoms with E-state index in [1.165, 1.54) is 19.3 Å². The monoisotopic (exact) mass is 562 g/mol. The molecule has 2 N–H and O–H groups in total. The van der Waals surface area contributed by atoms with Crippen LogP contribution < -0.4 is 20.1 Å². The summed E-state index contributed by atoms with van der Waals surface area (Å²) < 4.78 is 16.8. The predicted molar refractivity (Wildman–Crippen MR) is 143 cm³/mol. The second-order valence-electron chi connectivity index (χ2n) is 8.24. The molecule has 184 valence electrons. The summed E-state index contributed by atoms with van der Waals surface area (Å²) in [6, 6.07) is 6.09. The van der Waals surface area contributed by atoms with Crippen molar-refractivity contribution in [2.24, 2.45) is 10.4 Å². The molecule has 0 bridgehead atoms. The molecule has 0 spiro atoms. The molecule has 0 aromatic heterocycles. The lowest BCUT2D eigenvalue weighted by atomic mass is 9.67. The van der Waals surface area contributed by atoms with Crippen LogP contribution in [0.15, 0.2) is 23.2 Å². The average molecular weight is 563 g/mol. The Balaban J connectivity index is 0.00000512. The lowest BCUT2D eigenvalue weighted by Crippen LogP contribution is -2.46. The van der Waals surface area contributed by atoms with Gasteiger partial charge in [-0.25, -0.2) is 0 Å². The molecule has 8 heteroatoms. The first-order valence-electron chi connectivity index (χ1n) is 11.5. The first kappa shape index (κ1) is 28.8. The van der Waals surface area contributed by atoms with Gasteiger partial charge in [0.15, 0.2) is 17.5 Å². The van der Waals surface area contributed by atoms with E-state index in [1.807, 2.05) is 19.2 Å². The Labute approximate surface area is 211 Å². The van der Waals surface area contributed by atoms with Crippen LogP contribution in [0.5, 0.6) is 11.5 Å². The van der Waals surface area contributed by atoms with Crippen molar-refractivity contribution in [2.45, 2.75) is 46.1 Å². The van der Waals surface area contributed by atoms with Crippen LogP contribution in [-0.4, -0.2) is 71.5 Å². The smallest absolute Gasteiger partial charge is 0.191 e. The Kier molecular flexibility index (Phi) is 14.0. The summed E-state index contributed by atoms with van der Waals surface area (Å²) in [5.74, 6) is 2.36. The van der Waals surface area contributed by atoms with Crippen LogP contribution in [0.1, 0.15) is 45.1 Å². The minimum absolute atomic E-state index is 0. The standard InChI is InChI=1S/C24H42N4O3.HI/c1-6-28(7-2)14-16-31-21-10-9-20(17-22(21)30-5)18-26-23(25-3)27-19-24(11-8-12-24)13-15-29-4;/h9-10,17H,6-8,11-16,18-19H2,1-5H3,(H2,25,26,27);1H. The summed E-state index contributed by atoms with van der Waals surface area (Å²) in [5, 5.41) is 6.91. The van der Waals surface area contributed by atoms with Crippen molar-refractivity contribution in [2.75, 3.05) is 60.7 Å². The van der Waals surface area contributed by atoms with Crippen LogP contribution in [0.25, 0.3) is 0 Å². The second-order valence-corrected chi connectivity index (χ2v) is 8.24. The van der Waals surface area contributed by atoms with E-state index < -0.39 is 0 Å². The summed E-state index contributed by atoms with van der Waals surface area (Å²) in [5.41, 5.74) is 1.47. The maximum atomic E-state index is 5.96. The fourth-order valence-electron chi connectivity index (χ4n) is 3.95. The van der Waals surface area contributed by atoms with Gasteiger partial charge in [0, 0.05) is 40.4 Å². The number of nitrogens with one attached hydrogen (secondary N) is 2. The predicted octanol–water partition coefficient (Wildman–Crippen LogP) is 3.91. The molecule has 0 saturated heterocycles. The van der Waals surface area contributed by atoms with Gasteiger partial charge in [-0.15, -0.1) is 24.0 Å². The van der Waals surface area contributed by atoms with Gasteiger partial charge in [-0.1, -0.05) is 26.3 Å². The average Bonchev–Trinajstić information content (AvgIpc) is 2.78. The molecular formula is C24H43IN4O3. The van der Waals surface area contributed by atoms with Gasteiger partial charge in [0.25, 0.3) is 0 Å². The number of hydrogen-bond acceptors (Lipinski definition) is 5. The number of rotatable bonds is 14. The minimum atomic E-state index is 0. The van der Waals surface area contributed by atoms with Gasteiger partial charge < -0.3 is 29.7 Å². The fraction of sp³-hybridized carbons (Fsp3) is 0.708. The zero-order valence-electron chi connectivity index (χ0n) is 20.5. The summed E-state index contributed by atoms with van der Waals surface area (Å²) in [6.07, 6.45) is 4.92. The Morgan fingerprint density at radius 2 is 1.84 bits per heavy atom. The highest BCUT2D eigenvalue weighted by Crippen LogP contribution is 2.43. The number of likely N-dealkylation sites (N-methyl/N-ethyl adjacent to an activating group) is 1. The number of ether oxygens (including phenoxy) is 3. The topological polar surface area (TPSA) is 67.4 Å². The normalized spacial score (nSPS) is 15.0. The molecule has 1 aliphatic carbocycles.